The van der Waals surface area contributed by atoms with Gasteiger partial charge in [-0.15, -0.1) is 11.3 Å². The lowest BCUT2D eigenvalue weighted by Crippen LogP contribution is -2.26. The first-order valence-corrected chi connectivity index (χ1v) is 6.37. The molecule has 0 aliphatic heterocycles. The summed E-state index contributed by atoms with van der Waals surface area (Å²) in [7, 11) is 0. The number of aryl methyl sites for hydroxylation is 1. The monoisotopic (exact) mass is 267 g/mol. The van der Waals surface area contributed by atoms with Crippen LogP contribution < -0.4 is 11.1 Å². The molecule has 0 atom stereocenters. The van der Waals surface area contributed by atoms with E-state index in [-0.39, 0.29) is 5.91 Å². The molecular formula is C10H13N5O2S. The molecule has 2 aromatic heterocycles. The van der Waals surface area contributed by atoms with Crippen molar-refractivity contribution in [3.63, 3.8) is 0 Å². The number of amides is 1. The summed E-state index contributed by atoms with van der Waals surface area (Å²) >= 11 is 1.23. The number of anilines is 1. The first kappa shape index (κ1) is 12.5. The molecule has 18 heavy (non-hydrogen) atoms. The molecule has 1 amide bonds. The van der Waals surface area contributed by atoms with Crippen LogP contribution in [0.2, 0.25) is 0 Å². The number of nitrogens with zero attached hydrogens (tertiary/aromatic N) is 3. The van der Waals surface area contributed by atoms with Gasteiger partial charge in [0.15, 0.2) is 11.0 Å². The summed E-state index contributed by atoms with van der Waals surface area (Å²) in [6, 6.07) is 0. The van der Waals surface area contributed by atoms with E-state index in [9.17, 15) is 4.79 Å². The molecule has 3 N–H and O–H groups in total. The van der Waals surface area contributed by atoms with Crippen molar-refractivity contribution in [2.45, 2.75) is 19.8 Å². The van der Waals surface area contributed by atoms with Gasteiger partial charge in [-0.05, 0) is 0 Å². The molecule has 0 bridgehead atoms. The van der Waals surface area contributed by atoms with Crippen LogP contribution in [-0.2, 0) is 12.8 Å². The van der Waals surface area contributed by atoms with Crippen LogP contribution in [0.15, 0.2) is 9.90 Å². The van der Waals surface area contributed by atoms with Crippen LogP contribution >= 0.6 is 11.3 Å². The van der Waals surface area contributed by atoms with Gasteiger partial charge in [0.2, 0.25) is 5.89 Å². The number of hydrogen-bond donors (Lipinski definition) is 2. The van der Waals surface area contributed by atoms with Crippen molar-refractivity contribution < 1.29 is 9.32 Å². The number of hydrogen-bond acceptors (Lipinski definition) is 7. The SMILES string of the molecule is CCc1noc(CCNC(=O)c2csc(N)n2)n1. The standard InChI is InChI=1S/C10H13N5O2S/c1-2-7-14-8(17-15-7)3-4-12-9(16)6-5-18-10(11)13-6/h5H,2-4H2,1H3,(H2,11,13)(H,12,16). The van der Waals surface area contributed by atoms with Crippen molar-refractivity contribution in [3.05, 3.63) is 22.8 Å². The number of rotatable bonds is 5. The van der Waals surface area contributed by atoms with Gasteiger partial charge in [-0.2, -0.15) is 4.98 Å². The van der Waals surface area contributed by atoms with Gasteiger partial charge in [0.25, 0.3) is 5.91 Å². The highest BCUT2D eigenvalue weighted by atomic mass is 32.1. The zero-order chi connectivity index (χ0) is 13.0. The molecule has 7 nitrogen and oxygen atoms in total. The van der Waals surface area contributed by atoms with E-state index >= 15 is 0 Å². The third-order valence-corrected chi connectivity index (χ3v) is 2.88. The molecule has 0 saturated heterocycles. The van der Waals surface area contributed by atoms with E-state index in [1.54, 1.807) is 5.38 Å². The van der Waals surface area contributed by atoms with Gasteiger partial charge in [0.05, 0.1) is 0 Å². The number of carbonyl (C=O) groups is 1. The van der Waals surface area contributed by atoms with Crippen molar-refractivity contribution in [2.24, 2.45) is 0 Å². The topological polar surface area (TPSA) is 107 Å². The molecule has 0 radical (unpaired) electrons. The Morgan fingerprint density at radius 3 is 3.00 bits per heavy atom. The van der Waals surface area contributed by atoms with Crippen LogP contribution in [0.3, 0.4) is 0 Å². The van der Waals surface area contributed by atoms with E-state index in [1.807, 2.05) is 6.92 Å². The summed E-state index contributed by atoms with van der Waals surface area (Å²) in [6.07, 6.45) is 1.23. The predicted molar refractivity (Wildman–Crippen MR) is 66.2 cm³/mol. The maximum Gasteiger partial charge on any atom is 0.270 e. The third kappa shape index (κ3) is 3.04. The molecule has 0 fully saturated rings. The summed E-state index contributed by atoms with van der Waals surface area (Å²) in [5, 5.41) is 8.47. The van der Waals surface area contributed by atoms with Crippen LogP contribution in [0.1, 0.15) is 29.1 Å². The van der Waals surface area contributed by atoms with E-state index in [1.165, 1.54) is 11.3 Å². The van der Waals surface area contributed by atoms with E-state index < -0.39 is 0 Å². The second kappa shape index (κ2) is 5.58. The lowest BCUT2D eigenvalue weighted by molar-refractivity contribution is 0.0949. The summed E-state index contributed by atoms with van der Waals surface area (Å²) in [4.78, 5) is 19.6. The van der Waals surface area contributed by atoms with Gasteiger partial charge in [0, 0.05) is 24.8 Å². The van der Waals surface area contributed by atoms with Gasteiger partial charge >= 0.3 is 0 Å². The van der Waals surface area contributed by atoms with Gasteiger partial charge < -0.3 is 15.6 Å². The zero-order valence-corrected chi connectivity index (χ0v) is 10.7. The summed E-state index contributed by atoms with van der Waals surface area (Å²) in [6.45, 7) is 2.37. The van der Waals surface area contributed by atoms with Gasteiger partial charge in [0.1, 0.15) is 5.69 Å². The number of nitrogen functional groups attached to an aromatic ring is 1. The van der Waals surface area contributed by atoms with Gasteiger partial charge in [-0.25, -0.2) is 4.98 Å². The molecule has 0 aliphatic carbocycles. The highest BCUT2D eigenvalue weighted by molar-refractivity contribution is 7.13. The molecule has 96 valence electrons. The second-order valence-corrected chi connectivity index (χ2v) is 4.42. The minimum absolute atomic E-state index is 0.252. The van der Waals surface area contributed by atoms with Crippen molar-refractivity contribution in [1.29, 1.82) is 0 Å². The van der Waals surface area contributed by atoms with Crippen molar-refractivity contribution in [2.75, 3.05) is 12.3 Å². The lowest BCUT2D eigenvalue weighted by Gasteiger charge is -1.99. The van der Waals surface area contributed by atoms with Crippen LogP contribution in [0, 0.1) is 0 Å². The average molecular weight is 267 g/mol. The quantitative estimate of drug-likeness (QED) is 0.823. The average Bonchev–Trinajstić information content (AvgIpc) is 2.98. The molecule has 2 heterocycles. The predicted octanol–water partition coefficient (Wildman–Crippen LogP) is 0.643. The van der Waals surface area contributed by atoms with Crippen LogP contribution in [0.5, 0.6) is 0 Å². The molecule has 2 rings (SSSR count). The number of aromatic nitrogens is 3. The Labute approximate surface area is 107 Å². The number of carbonyl (C=O) groups excluding carboxylic acids is 1. The fraction of sp³-hybridized carbons (Fsp3) is 0.400. The van der Waals surface area contributed by atoms with Crippen LogP contribution in [0.4, 0.5) is 5.13 Å². The molecule has 0 aromatic carbocycles. The fourth-order valence-corrected chi connectivity index (χ4v) is 1.84. The van der Waals surface area contributed by atoms with E-state index in [4.69, 9.17) is 10.3 Å². The normalized spacial score (nSPS) is 10.5. The highest BCUT2D eigenvalue weighted by Crippen LogP contribution is 2.10. The zero-order valence-electron chi connectivity index (χ0n) is 9.84. The van der Waals surface area contributed by atoms with Crippen molar-refractivity contribution >= 4 is 22.4 Å². The maximum atomic E-state index is 11.6. The van der Waals surface area contributed by atoms with Crippen molar-refractivity contribution in [1.82, 2.24) is 20.4 Å². The number of nitrogens with one attached hydrogen (secondary N) is 1. The van der Waals surface area contributed by atoms with Gasteiger partial charge in [-0.3, -0.25) is 4.79 Å². The smallest absolute Gasteiger partial charge is 0.270 e. The summed E-state index contributed by atoms with van der Waals surface area (Å²) < 4.78 is 5.00. The number of thiazole rings is 1. The summed E-state index contributed by atoms with van der Waals surface area (Å²) in [5.74, 6) is 0.937. The Bertz CT molecular complexity index is 536. The van der Waals surface area contributed by atoms with Crippen molar-refractivity contribution in [3.8, 4) is 0 Å². The molecule has 2 aromatic rings. The Balaban J connectivity index is 1.80. The van der Waals surface area contributed by atoms with Crippen LogP contribution in [0.25, 0.3) is 0 Å². The highest BCUT2D eigenvalue weighted by Gasteiger charge is 2.10. The molecule has 8 heteroatoms. The largest absolute Gasteiger partial charge is 0.375 e. The third-order valence-electron chi connectivity index (χ3n) is 2.21. The van der Waals surface area contributed by atoms with Gasteiger partial charge in [-0.1, -0.05) is 12.1 Å². The molecule has 0 aliphatic rings. The Morgan fingerprint density at radius 2 is 2.39 bits per heavy atom. The molecule has 0 saturated carbocycles. The van der Waals surface area contributed by atoms with E-state index in [0.717, 1.165) is 6.42 Å². The van der Waals surface area contributed by atoms with E-state index in [0.29, 0.717) is 35.5 Å². The molecule has 0 spiro atoms. The maximum absolute atomic E-state index is 11.6. The lowest BCUT2D eigenvalue weighted by atomic mass is 10.4. The Morgan fingerprint density at radius 1 is 1.56 bits per heavy atom. The summed E-state index contributed by atoms with van der Waals surface area (Å²) in [5.41, 5.74) is 5.78. The molecular weight excluding hydrogens is 254 g/mol. The van der Waals surface area contributed by atoms with E-state index in [2.05, 4.69) is 20.4 Å². The second-order valence-electron chi connectivity index (χ2n) is 3.53. The first-order chi connectivity index (χ1) is 8.69. The Kier molecular flexibility index (Phi) is 3.88. The minimum atomic E-state index is -0.252. The fourth-order valence-electron chi connectivity index (χ4n) is 1.30. The number of nitrogens with two attached hydrogens (primary N) is 1. The Hall–Kier alpha value is -1.96. The van der Waals surface area contributed by atoms with Crippen LogP contribution in [-0.4, -0.2) is 27.6 Å². The minimum Gasteiger partial charge on any atom is -0.375 e. The first-order valence-electron chi connectivity index (χ1n) is 5.49. The molecule has 0 unspecified atom stereocenters.